The Morgan fingerprint density at radius 3 is 2.29 bits per heavy atom. The summed E-state index contributed by atoms with van der Waals surface area (Å²) < 4.78 is 47.4. The van der Waals surface area contributed by atoms with Gasteiger partial charge in [-0.25, -0.2) is 16.8 Å². The van der Waals surface area contributed by atoms with E-state index in [9.17, 15) is 16.8 Å². The van der Waals surface area contributed by atoms with Gasteiger partial charge in [0.25, 0.3) is 0 Å². The number of piperidine rings is 1. The molecule has 0 aliphatic carbocycles. The lowest BCUT2D eigenvalue weighted by atomic mass is 10.00. The number of rotatable bonds is 3. The summed E-state index contributed by atoms with van der Waals surface area (Å²) in [5.41, 5.74) is 0.608. The van der Waals surface area contributed by atoms with E-state index in [1.165, 1.54) is 12.1 Å². The lowest BCUT2D eigenvalue weighted by molar-refractivity contribution is 0.445. The summed E-state index contributed by atoms with van der Waals surface area (Å²) in [6, 6.07) is 4.38. The van der Waals surface area contributed by atoms with Crippen molar-refractivity contribution in [2.75, 3.05) is 30.5 Å². The third-order valence-electron chi connectivity index (χ3n) is 3.76. The molecule has 0 N–H and O–H groups in total. The number of hydrogen-bond acceptors (Lipinski definition) is 5. The molecule has 2 rings (SSSR count). The molecule has 0 saturated carbocycles. The van der Waals surface area contributed by atoms with Crippen LogP contribution in [0.4, 0.5) is 5.69 Å². The van der Waals surface area contributed by atoms with Crippen LogP contribution in [0.3, 0.4) is 0 Å². The second kappa shape index (κ2) is 5.61. The number of benzene rings is 1. The molecule has 1 saturated heterocycles. The monoisotopic (exact) mass is 331 g/mol. The largest absolute Gasteiger partial charge is 0.370 e. The zero-order chi connectivity index (χ0) is 15.8. The summed E-state index contributed by atoms with van der Waals surface area (Å²) in [6.07, 6.45) is 4.34. The molecule has 1 atom stereocenters. The zero-order valence-corrected chi connectivity index (χ0v) is 14.2. The second-order valence-electron chi connectivity index (χ2n) is 5.87. The van der Waals surface area contributed by atoms with Crippen molar-refractivity contribution in [1.29, 1.82) is 0 Å². The molecule has 21 heavy (non-hydrogen) atoms. The number of nitrogens with zero attached hydrogens (tertiary/aromatic N) is 1. The minimum absolute atomic E-state index is 0.0386. The maximum Gasteiger partial charge on any atom is 0.177 e. The number of sulfone groups is 2. The standard InChI is InChI=1S/C14H21NO4S2/c1-11-5-4-8-15(10-11)13-7-6-12(20(2,16)17)9-14(13)21(3,18)19/h6-7,9,11H,4-5,8,10H2,1-3H3/t11-/m0/s1. The molecule has 1 aliphatic heterocycles. The van der Waals surface area contributed by atoms with E-state index < -0.39 is 19.7 Å². The minimum atomic E-state index is -3.49. The van der Waals surface area contributed by atoms with E-state index in [-0.39, 0.29) is 9.79 Å². The quantitative estimate of drug-likeness (QED) is 0.843. The van der Waals surface area contributed by atoms with Gasteiger partial charge in [-0.3, -0.25) is 0 Å². The van der Waals surface area contributed by atoms with Gasteiger partial charge in [-0.15, -0.1) is 0 Å². The Morgan fingerprint density at radius 1 is 1.10 bits per heavy atom. The van der Waals surface area contributed by atoms with Gasteiger partial charge in [0.1, 0.15) is 0 Å². The Labute approximate surface area is 126 Å². The van der Waals surface area contributed by atoms with Crippen molar-refractivity contribution >= 4 is 25.4 Å². The number of anilines is 1. The molecule has 1 aromatic rings. The predicted molar refractivity (Wildman–Crippen MR) is 83.3 cm³/mol. The third-order valence-corrected chi connectivity index (χ3v) is 5.99. The van der Waals surface area contributed by atoms with Gasteiger partial charge in [-0.2, -0.15) is 0 Å². The van der Waals surface area contributed by atoms with Gasteiger partial charge in [0.2, 0.25) is 0 Å². The van der Waals surface area contributed by atoms with Gasteiger partial charge in [-0.05, 0) is 37.0 Å². The summed E-state index contributed by atoms with van der Waals surface area (Å²) in [6.45, 7) is 3.73. The highest BCUT2D eigenvalue weighted by molar-refractivity contribution is 7.91. The fourth-order valence-electron chi connectivity index (χ4n) is 2.69. The molecule has 1 fully saturated rings. The van der Waals surface area contributed by atoms with E-state index >= 15 is 0 Å². The smallest absolute Gasteiger partial charge is 0.177 e. The molecular formula is C14H21NO4S2. The van der Waals surface area contributed by atoms with Crippen LogP contribution in [0.25, 0.3) is 0 Å². The maximum absolute atomic E-state index is 12.0. The Kier molecular flexibility index (Phi) is 4.35. The molecule has 0 bridgehead atoms. The molecule has 5 nitrogen and oxygen atoms in total. The van der Waals surface area contributed by atoms with Crippen LogP contribution in [0.15, 0.2) is 28.0 Å². The fourth-order valence-corrected chi connectivity index (χ4v) is 4.33. The molecule has 118 valence electrons. The van der Waals surface area contributed by atoms with Gasteiger partial charge >= 0.3 is 0 Å². The molecule has 0 unspecified atom stereocenters. The molecule has 0 aromatic heterocycles. The minimum Gasteiger partial charge on any atom is -0.370 e. The van der Waals surface area contributed by atoms with Crippen LogP contribution >= 0.6 is 0 Å². The predicted octanol–water partition coefficient (Wildman–Crippen LogP) is 1.73. The molecule has 0 radical (unpaired) electrons. The fraction of sp³-hybridized carbons (Fsp3) is 0.571. The van der Waals surface area contributed by atoms with E-state index in [4.69, 9.17) is 0 Å². The van der Waals surface area contributed by atoms with Crippen molar-refractivity contribution in [3.8, 4) is 0 Å². The van der Waals surface area contributed by atoms with Crippen LogP contribution in [-0.4, -0.2) is 42.4 Å². The Bertz CT molecular complexity index is 738. The average Bonchev–Trinajstić information content (AvgIpc) is 2.36. The van der Waals surface area contributed by atoms with E-state index in [0.717, 1.165) is 38.4 Å². The summed E-state index contributed by atoms with van der Waals surface area (Å²) in [5.74, 6) is 0.501. The first-order valence-corrected chi connectivity index (χ1v) is 10.7. The number of hydrogen-bond donors (Lipinski definition) is 0. The van der Waals surface area contributed by atoms with Crippen molar-refractivity contribution in [1.82, 2.24) is 0 Å². The van der Waals surface area contributed by atoms with Crippen molar-refractivity contribution < 1.29 is 16.8 Å². The molecular weight excluding hydrogens is 310 g/mol. The van der Waals surface area contributed by atoms with E-state index in [2.05, 4.69) is 6.92 Å². The van der Waals surface area contributed by atoms with Crippen LogP contribution in [0.2, 0.25) is 0 Å². The van der Waals surface area contributed by atoms with Gasteiger partial charge in [0.05, 0.1) is 15.5 Å². The lowest BCUT2D eigenvalue weighted by Crippen LogP contribution is -2.35. The van der Waals surface area contributed by atoms with Crippen LogP contribution < -0.4 is 4.90 Å². The first kappa shape index (κ1) is 16.3. The van der Waals surface area contributed by atoms with Crippen molar-refractivity contribution in [3.63, 3.8) is 0 Å². The highest BCUT2D eigenvalue weighted by Crippen LogP contribution is 2.31. The van der Waals surface area contributed by atoms with Crippen molar-refractivity contribution in [2.45, 2.75) is 29.6 Å². The molecule has 1 heterocycles. The van der Waals surface area contributed by atoms with Gasteiger partial charge < -0.3 is 4.90 Å². The molecule has 1 aromatic carbocycles. The van der Waals surface area contributed by atoms with Crippen LogP contribution in [0.5, 0.6) is 0 Å². The summed E-state index contributed by atoms with van der Waals surface area (Å²) in [5, 5.41) is 0. The Morgan fingerprint density at radius 2 is 1.76 bits per heavy atom. The van der Waals surface area contributed by atoms with E-state index in [1.807, 2.05) is 4.90 Å². The topological polar surface area (TPSA) is 71.5 Å². The first-order valence-electron chi connectivity index (χ1n) is 6.88. The highest BCUT2D eigenvalue weighted by atomic mass is 32.2. The SMILES string of the molecule is C[C@H]1CCCN(c2ccc(S(C)(=O)=O)cc2S(C)(=O)=O)C1. The summed E-state index contributed by atoms with van der Waals surface area (Å²) in [7, 11) is -6.92. The van der Waals surface area contributed by atoms with Crippen LogP contribution in [0.1, 0.15) is 19.8 Å². The van der Waals surface area contributed by atoms with Gasteiger partial charge in [0.15, 0.2) is 19.7 Å². The average molecular weight is 331 g/mol. The van der Waals surface area contributed by atoms with E-state index in [1.54, 1.807) is 6.07 Å². The summed E-state index contributed by atoms with van der Waals surface area (Å²) >= 11 is 0. The maximum atomic E-state index is 12.0. The second-order valence-corrected chi connectivity index (χ2v) is 9.87. The Balaban J connectivity index is 2.56. The third kappa shape index (κ3) is 3.77. The van der Waals surface area contributed by atoms with Crippen LogP contribution in [0, 0.1) is 5.92 Å². The summed E-state index contributed by atoms with van der Waals surface area (Å²) in [4.78, 5) is 2.17. The first-order chi connectivity index (χ1) is 9.59. The zero-order valence-electron chi connectivity index (χ0n) is 12.5. The highest BCUT2D eigenvalue weighted by Gasteiger charge is 2.24. The van der Waals surface area contributed by atoms with Gasteiger partial charge in [0, 0.05) is 25.6 Å². The Hall–Kier alpha value is -1.08. The molecule has 0 spiro atoms. The van der Waals surface area contributed by atoms with Crippen LogP contribution in [-0.2, 0) is 19.7 Å². The molecule has 1 aliphatic rings. The van der Waals surface area contributed by atoms with Gasteiger partial charge in [-0.1, -0.05) is 6.92 Å². The molecule has 7 heteroatoms. The van der Waals surface area contributed by atoms with E-state index in [0.29, 0.717) is 11.6 Å². The van der Waals surface area contributed by atoms with Crippen molar-refractivity contribution in [2.24, 2.45) is 5.92 Å². The molecule has 0 amide bonds. The normalized spacial score (nSPS) is 20.5. The lowest BCUT2D eigenvalue weighted by Gasteiger charge is -2.34. The van der Waals surface area contributed by atoms with Crippen molar-refractivity contribution in [3.05, 3.63) is 18.2 Å².